The van der Waals surface area contributed by atoms with Crippen LogP contribution in [0.15, 0.2) is 18.3 Å². The number of nitrogens with one attached hydrogen (secondary N) is 1. The maximum Gasteiger partial charge on any atom is 0.166 e. The van der Waals surface area contributed by atoms with Gasteiger partial charge in [-0.3, -0.25) is 4.98 Å². The van der Waals surface area contributed by atoms with Crippen LogP contribution in [-0.2, 0) is 0 Å². The van der Waals surface area contributed by atoms with Crippen LogP contribution in [0.2, 0.25) is 0 Å². The molecule has 0 saturated carbocycles. The highest BCUT2D eigenvalue weighted by molar-refractivity contribution is 7.14. The van der Waals surface area contributed by atoms with Gasteiger partial charge in [0.05, 0.1) is 12.2 Å². The Morgan fingerprint density at radius 1 is 1.32 bits per heavy atom. The lowest BCUT2D eigenvalue weighted by atomic mass is 10.2. The molecule has 1 atom stereocenters. The minimum Gasteiger partial charge on any atom is -0.308 e. The van der Waals surface area contributed by atoms with Crippen LogP contribution >= 0.6 is 11.3 Å². The Labute approximate surface area is 116 Å². The van der Waals surface area contributed by atoms with E-state index in [2.05, 4.69) is 34.3 Å². The first kappa shape index (κ1) is 14.0. The van der Waals surface area contributed by atoms with E-state index in [0.717, 1.165) is 29.4 Å². The van der Waals surface area contributed by atoms with Crippen LogP contribution in [-0.4, -0.2) is 21.7 Å². The third-order valence-electron chi connectivity index (χ3n) is 2.73. The van der Waals surface area contributed by atoms with Crippen LogP contribution in [0, 0.1) is 5.82 Å². The quantitative estimate of drug-likeness (QED) is 0.883. The molecule has 2 aromatic rings. The fourth-order valence-electron chi connectivity index (χ4n) is 1.71. The van der Waals surface area contributed by atoms with Crippen LogP contribution in [0.25, 0.3) is 10.7 Å². The van der Waals surface area contributed by atoms with Crippen LogP contribution in [0.4, 0.5) is 4.39 Å². The normalized spacial score (nSPS) is 12.6. The Morgan fingerprint density at radius 2 is 2.16 bits per heavy atom. The Balaban J connectivity index is 2.15. The molecule has 0 aliphatic rings. The van der Waals surface area contributed by atoms with Gasteiger partial charge in [-0.25, -0.2) is 4.39 Å². The number of rotatable bonds is 6. The lowest BCUT2D eigenvalue weighted by molar-refractivity contribution is 0.513. The van der Waals surface area contributed by atoms with E-state index in [4.69, 9.17) is 0 Å². The molecule has 0 radical (unpaired) electrons. The summed E-state index contributed by atoms with van der Waals surface area (Å²) in [5.41, 5.74) is 0.662. The summed E-state index contributed by atoms with van der Waals surface area (Å²) in [6.07, 6.45) is 3.25. The van der Waals surface area contributed by atoms with Gasteiger partial charge in [-0.05, 0) is 31.5 Å². The highest BCUT2D eigenvalue weighted by Gasteiger charge is 2.15. The van der Waals surface area contributed by atoms with Gasteiger partial charge in [-0.1, -0.05) is 25.2 Å². The molecule has 0 aliphatic heterocycles. The van der Waals surface area contributed by atoms with Crippen molar-refractivity contribution in [1.82, 2.24) is 20.5 Å². The summed E-state index contributed by atoms with van der Waals surface area (Å²) >= 11 is 1.51. The fourth-order valence-corrected chi connectivity index (χ4v) is 2.69. The number of pyridine rings is 1. The summed E-state index contributed by atoms with van der Waals surface area (Å²) in [7, 11) is 0. The Kier molecular flexibility index (Phi) is 4.93. The van der Waals surface area contributed by atoms with Gasteiger partial charge in [0.2, 0.25) is 0 Å². The lowest BCUT2D eigenvalue weighted by Gasteiger charge is -2.12. The molecule has 0 fully saturated rings. The zero-order valence-electron chi connectivity index (χ0n) is 11.1. The van der Waals surface area contributed by atoms with Crippen LogP contribution in [0.5, 0.6) is 0 Å². The fraction of sp³-hybridized carbons (Fsp3) is 0.462. The van der Waals surface area contributed by atoms with Crippen molar-refractivity contribution in [2.75, 3.05) is 6.54 Å². The average Bonchev–Trinajstić information content (AvgIpc) is 2.90. The van der Waals surface area contributed by atoms with E-state index in [1.54, 1.807) is 6.07 Å². The zero-order chi connectivity index (χ0) is 13.7. The van der Waals surface area contributed by atoms with Crippen molar-refractivity contribution in [3.05, 3.63) is 29.2 Å². The minimum atomic E-state index is -0.343. The highest BCUT2D eigenvalue weighted by atomic mass is 32.1. The van der Waals surface area contributed by atoms with Crippen molar-refractivity contribution >= 4 is 11.3 Å². The van der Waals surface area contributed by atoms with Crippen LogP contribution in [0.1, 0.15) is 37.7 Å². The van der Waals surface area contributed by atoms with E-state index in [0.29, 0.717) is 5.69 Å². The predicted molar refractivity (Wildman–Crippen MR) is 74.4 cm³/mol. The third kappa shape index (κ3) is 3.54. The van der Waals surface area contributed by atoms with Crippen LogP contribution in [0.3, 0.4) is 0 Å². The summed E-state index contributed by atoms with van der Waals surface area (Å²) < 4.78 is 12.8. The van der Waals surface area contributed by atoms with Gasteiger partial charge in [0.25, 0.3) is 0 Å². The SMILES string of the molecule is CCCNC(CC)c1nnc(-c2ccc(F)cn2)s1. The molecule has 0 aliphatic carbocycles. The minimum absolute atomic E-state index is 0.228. The van der Waals surface area contributed by atoms with Crippen molar-refractivity contribution in [3.63, 3.8) is 0 Å². The Bertz CT molecular complexity index is 512. The number of hydrogen-bond acceptors (Lipinski definition) is 5. The van der Waals surface area contributed by atoms with E-state index in [-0.39, 0.29) is 11.9 Å². The maximum atomic E-state index is 12.8. The van der Waals surface area contributed by atoms with Crippen molar-refractivity contribution in [2.45, 2.75) is 32.7 Å². The molecule has 0 bridgehead atoms. The van der Waals surface area contributed by atoms with Gasteiger partial charge in [-0.2, -0.15) is 0 Å². The molecule has 1 N–H and O–H groups in total. The molecule has 0 spiro atoms. The topological polar surface area (TPSA) is 50.7 Å². The van der Waals surface area contributed by atoms with E-state index in [1.807, 2.05) is 0 Å². The standard InChI is InChI=1S/C13H17FN4S/c1-3-7-15-10(4-2)12-17-18-13(19-12)11-6-5-9(14)8-16-11/h5-6,8,10,15H,3-4,7H2,1-2H3. The molecule has 2 aromatic heterocycles. The third-order valence-corrected chi connectivity index (χ3v) is 3.79. The summed E-state index contributed by atoms with van der Waals surface area (Å²) in [6, 6.07) is 3.24. The molecule has 2 heterocycles. The number of hydrogen-bond donors (Lipinski definition) is 1. The first-order chi connectivity index (χ1) is 9.24. The van der Waals surface area contributed by atoms with Crippen molar-refractivity contribution in [1.29, 1.82) is 0 Å². The molecule has 2 rings (SSSR count). The molecule has 1 unspecified atom stereocenters. The summed E-state index contributed by atoms with van der Waals surface area (Å²) in [5.74, 6) is -0.343. The van der Waals surface area contributed by atoms with Crippen molar-refractivity contribution < 1.29 is 4.39 Å². The molecule has 4 nitrogen and oxygen atoms in total. The van der Waals surface area contributed by atoms with Crippen LogP contribution < -0.4 is 5.32 Å². The number of nitrogens with zero attached hydrogens (tertiary/aromatic N) is 3. The van der Waals surface area contributed by atoms with E-state index >= 15 is 0 Å². The molecule has 102 valence electrons. The summed E-state index contributed by atoms with van der Waals surface area (Å²) in [5, 5.41) is 13.5. The average molecular weight is 280 g/mol. The smallest absolute Gasteiger partial charge is 0.166 e. The molecule has 19 heavy (non-hydrogen) atoms. The number of aromatic nitrogens is 3. The molecular weight excluding hydrogens is 263 g/mol. The zero-order valence-corrected chi connectivity index (χ0v) is 11.9. The first-order valence-corrected chi connectivity index (χ1v) is 7.25. The highest BCUT2D eigenvalue weighted by Crippen LogP contribution is 2.26. The molecule has 0 aromatic carbocycles. The monoisotopic (exact) mass is 280 g/mol. The van der Waals surface area contributed by atoms with Gasteiger partial charge < -0.3 is 5.32 Å². The predicted octanol–water partition coefficient (Wildman–Crippen LogP) is 3.19. The van der Waals surface area contributed by atoms with Gasteiger partial charge >= 0.3 is 0 Å². The second-order valence-electron chi connectivity index (χ2n) is 4.22. The lowest BCUT2D eigenvalue weighted by Crippen LogP contribution is -2.21. The van der Waals surface area contributed by atoms with E-state index < -0.39 is 0 Å². The summed E-state index contributed by atoms with van der Waals surface area (Å²) in [6.45, 7) is 5.21. The van der Waals surface area contributed by atoms with Crippen molar-refractivity contribution in [3.8, 4) is 10.7 Å². The van der Waals surface area contributed by atoms with Gasteiger partial charge in [0.15, 0.2) is 5.01 Å². The second-order valence-corrected chi connectivity index (χ2v) is 5.23. The second kappa shape index (κ2) is 6.68. The van der Waals surface area contributed by atoms with Gasteiger partial charge in [0.1, 0.15) is 16.5 Å². The molecule has 0 amide bonds. The Morgan fingerprint density at radius 3 is 2.79 bits per heavy atom. The van der Waals surface area contributed by atoms with Gasteiger partial charge in [-0.15, -0.1) is 10.2 Å². The summed E-state index contributed by atoms with van der Waals surface area (Å²) in [4.78, 5) is 4.02. The molecule has 0 saturated heterocycles. The molecule has 6 heteroatoms. The largest absolute Gasteiger partial charge is 0.308 e. The number of halogens is 1. The first-order valence-electron chi connectivity index (χ1n) is 6.43. The maximum absolute atomic E-state index is 12.8. The molecular formula is C13H17FN4S. The van der Waals surface area contributed by atoms with E-state index in [9.17, 15) is 4.39 Å². The Hall–Kier alpha value is -1.40. The van der Waals surface area contributed by atoms with E-state index in [1.165, 1.54) is 23.6 Å². The van der Waals surface area contributed by atoms with Gasteiger partial charge in [0, 0.05) is 0 Å². The van der Waals surface area contributed by atoms with Crippen molar-refractivity contribution in [2.24, 2.45) is 0 Å².